The van der Waals surface area contributed by atoms with Crippen LogP contribution in [0.1, 0.15) is 28.9 Å². The van der Waals surface area contributed by atoms with Gasteiger partial charge in [0.2, 0.25) is 0 Å². The van der Waals surface area contributed by atoms with E-state index in [0.717, 1.165) is 13.0 Å². The molecule has 0 spiro atoms. The molecule has 0 amide bonds. The molecule has 90 valence electrons. The van der Waals surface area contributed by atoms with Gasteiger partial charge >= 0.3 is 0 Å². The lowest BCUT2D eigenvalue weighted by Gasteiger charge is -2.10. The predicted molar refractivity (Wildman–Crippen MR) is 69.4 cm³/mol. The molecule has 0 aliphatic heterocycles. The first-order valence-corrected chi connectivity index (χ1v) is 8.20. The highest BCUT2D eigenvalue weighted by Gasteiger charge is 2.16. The molecule has 2 rings (SSSR count). The summed E-state index contributed by atoms with van der Waals surface area (Å²) < 4.78 is 11.0. The number of fused-ring (bicyclic) bond motifs is 1. The van der Waals surface area contributed by atoms with Crippen molar-refractivity contribution in [3.05, 3.63) is 15.6 Å². The Morgan fingerprint density at radius 1 is 1.56 bits per heavy atom. The lowest BCUT2D eigenvalue weighted by atomic mass is 10.4. The molecule has 5 heteroatoms. The standard InChI is InChI=1S/C11H18N2OS2/c1-8(7-16(2)14)12-6-11-13-9-4-3-5-10(9)15-11/h8,12H,3-7H2,1-2H3. The molecular formula is C11H18N2OS2. The van der Waals surface area contributed by atoms with Crippen LogP contribution in [0.2, 0.25) is 0 Å². The molecule has 1 aliphatic rings. The minimum atomic E-state index is -0.723. The minimum absolute atomic E-state index is 0.296. The van der Waals surface area contributed by atoms with Gasteiger partial charge in [-0.05, 0) is 26.2 Å². The molecule has 2 atom stereocenters. The fourth-order valence-corrected chi connectivity index (χ4v) is 3.92. The quantitative estimate of drug-likeness (QED) is 0.870. The van der Waals surface area contributed by atoms with Crippen molar-refractivity contribution in [2.75, 3.05) is 12.0 Å². The Bertz CT molecular complexity index is 368. The summed E-state index contributed by atoms with van der Waals surface area (Å²) in [5.74, 6) is 0.713. The second kappa shape index (κ2) is 5.38. The van der Waals surface area contributed by atoms with Gasteiger partial charge < -0.3 is 5.32 Å². The molecule has 16 heavy (non-hydrogen) atoms. The number of aromatic nitrogens is 1. The molecule has 3 nitrogen and oxygen atoms in total. The van der Waals surface area contributed by atoms with Gasteiger partial charge in [0.1, 0.15) is 5.01 Å². The summed E-state index contributed by atoms with van der Waals surface area (Å²) in [6, 6.07) is 0.296. The van der Waals surface area contributed by atoms with Crippen LogP contribution in [0, 0.1) is 0 Å². The third kappa shape index (κ3) is 3.12. The van der Waals surface area contributed by atoms with E-state index in [1.165, 1.54) is 28.4 Å². The van der Waals surface area contributed by atoms with Crippen LogP contribution >= 0.6 is 11.3 Å². The van der Waals surface area contributed by atoms with E-state index < -0.39 is 10.8 Å². The second-order valence-corrected chi connectivity index (χ2v) is 7.00. The maximum Gasteiger partial charge on any atom is 0.107 e. The SMILES string of the molecule is CC(CS(C)=O)NCc1nc2c(s1)CCC2. The molecule has 0 saturated heterocycles. The molecule has 0 bridgehead atoms. The van der Waals surface area contributed by atoms with Gasteiger partial charge in [-0.1, -0.05) is 0 Å². The Morgan fingerprint density at radius 2 is 2.38 bits per heavy atom. The molecule has 1 heterocycles. The number of hydrogen-bond donors (Lipinski definition) is 1. The van der Waals surface area contributed by atoms with Crippen LogP contribution in [-0.2, 0) is 30.2 Å². The van der Waals surface area contributed by atoms with Crippen molar-refractivity contribution in [2.24, 2.45) is 0 Å². The van der Waals surface area contributed by atoms with Gasteiger partial charge in [-0.2, -0.15) is 0 Å². The maximum absolute atomic E-state index is 11.0. The predicted octanol–water partition coefficient (Wildman–Crippen LogP) is 1.49. The smallest absolute Gasteiger partial charge is 0.107 e. The van der Waals surface area contributed by atoms with Crippen LogP contribution in [0.3, 0.4) is 0 Å². The normalized spacial score (nSPS) is 18.4. The van der Waals surface area contributed by atoms with E-state index in [1.54, 1.807) is 6.26 Å². The topological polar surface area (TPSA) is 42.0 Å². The summed E-state index contributed by atoms with van der Waals surface area (Å²) in [5, 5.41) is 4.55. The maximum atomic E-state index is 11.0. The molecular weight excluding hydrogens is 240 g/mol. The van der Waals surface area contributed by atoms with Crippen LogP contribution in [0.4, 0.5) is 0 Å². The zero-order chi connectivity index (χ0) is 11.5. The molecule has 1 aliphatic carbocycles. The fourth-order valence-electron chi connectivity index (χ4n) is 1.99. The van der Waals surface area contributed by atoms with Crippen molar-refractivity contribution < 1.29 is 4.21 Å². The Balaban J connectivity index is 1.83. The molecule has 0 fully saturated rings. The van der Waals surface area contributed by atoms with E-state index >= 15 is 0 Å². The van der Waals surface area contributed by atoms with E-state index in [-0.39, 0.29) is 0 Å². The van der Waals surface area contributed by atoms with Crippen LogP contribution in [0.15, 0.2) is 0 Å². The largest absolute Gasteiger partial charge is 0.307 e. The lowest BCUT2D eigenvalue weighted by Crippen LogP contribution is -2.30. The van der Waals surface area contributed by atoms with Gasteiger partial charge in [-0.25, -0.2) is 4.98 Å². The van der Waals surface area contributed by atoms with E-state index in [2.05, 4.69) is 17.2 Å². The van der Waals surface area contributed by atoms with Gasteiger partial charge in [-0.3, -0.25) is 4.21 Å². The average molecular weight is 258 g/mol. The Morgan fingerprint density at radius 3 is 3.06 bits per heavy atom. The second-order valence-electron chi connectivity index (χ2n) is 4.35. The van der Waals surface area contributed by atoms with E-state index in [9.17, 15) is 4.21 Å². The summed E-state index contributed by atoms with van der Waals surface area (Å²) in [4.78, 5) is 6.10. The first-order valence-electron chi connectivity index (χ1n) is 5.66. The van der Waals surface area contributed by atoms with E-state index in [4.69, 9.17) is 0 Å². The van der Waals surface area contributed by atoms with Crippen molar-refractivity contribution in [1.29, 1.82) is 0 Å². The zero-order valence-electron chi connectivity index (χ0n) is 9.78. The highest BCUT2D eigenvalue weighted by Crippen LogP contribution is 2.27. The Labute approximate surface area is 103 Å². The first kappa shape index (κ1) is 12.2. The van der Waals surface area contributed by atoms with Crippen LogP contribution in [-0.4, -0.2) is 27.2 Å². The van der Waals surface area contributed by atoms with E-state index in [1.807, 2.05) is 11.3 Å². The molecule has 1 N–H and O–H groups in total. The zero-order valence-corrected chi connectivity index (χ0v) is 11.4. The molecule has 2 unspecified atom stereocenters. The van der Waals surface area contributed by atoms with Gasteiger partial charge in [0.15, 0.2) is 0 Å². The molecule has 1 aromatic rings. The molecule has 0 aromatic carbocycles. The van der Waals surface area contributed by atoms with E-state index in [0.29, 0.717) is 11.8 Å². The summed E-state index contributed by atoms with van der Waals surface area (Å²) in [6.07, 6.45) is 5.38. The number of rotatable bonds is 5. The van der Waals surface area contributed by atoms with Gasteiger partial charge in [0.25, 0.3) is 0 Å². The lowest BCUT2D eigenvalue weighted by molar-refractivity contribution is 0.585. The third-order valence-corrected chi connectivity index (χ3v) is 4.85. The average Bonchev–Trinajstić information content (AvgIpc) is 2.72. The first-order chi connectivity index (χ1) is 7.65. The van der Waals surface area contributed by atoms with Crippen molar-refractivity contribution in [3.63, 3.8) is 0 Å². The number of nitrogens with zero attached hydrogens (tertiary/aromatic N) is 1. The van der Waals surface area contributed by atoms with Gasteiger partial charge in [0, 0.05) is 40.3 Å². The number of nitrogens with one attached hydrogen (secondary N) is 1. The van der Waals surface area contributed by atoms with Crippen LogP contribution < -0.4 is 5.32 Å². The number of thiazole rings is 1. The monoisotopic (exact) mass is 258 g/mol. The molecule has 0 radical (unpaired) electrons. The van der Waals surface area contributed by atoms with Crippen molar-refractivity contribution in [3.8, 4) is 0 Å². The Kier molecular flexibility index (Phi) is 4.10. The Hall–Kier alpha value is -0.260. The summed E-state index contributed by atoms with van der Waals surface area (Å²) in [5.41, 5.74) is 1.31. The third-order valence-electron chi connectivity index (χ3n) is 2.73. The summed E-state index contributed by atoms with van der Waals surface area (Å²) in [6.45, 7) is 2.89. The van der Waals surface area contributed by atoms with Crippen molar-refractivity contribution >= 4 is 22.1 Å². The molecule has 0 saturated carbocycles. The van der Waals surface area contributed by atoms with Crippen LogP contribution in [0.5, 0.6) is 0 Å². The highest BCUT2D eigenvalue weighted by atomic mass is 32.2. The highest BCUT2D eigenvalue weighted by molar-refractivity contribution is 7.84. The summed E-state index contributed by atoms with van der Waals surface area (Å²) in [7, 11) is -0.723. The van der Waals surface area contributed by atoms with Crippen LogP contribution in [0.25, 0.3) is 0 Å². The van der Waals surface area contributed by atoms with Gasteiger partial charge in [-0.15, -0.1) is 11.3 Å². The fraction of sp³-hybridized carbons (Fsp3) is 0.727. The van der Waals surface area contributed by atoms with Crippen molar-refractivity contribution in [1.82, 2.24) is 10.3 Å². The minimum Gasteiger partial charge on any atom is -0.307 e. The van der Waals surface area contributed by atoms with Gasteiger partial charge in [0.05, 0.1) is 5.69 Å². The number of hydrogen-bond acceptors (Lipinski definition) is 4. The van der Waals surface area contributed by atoms with Crippen molar-refractivity contribution in [2.45, 2.75) is 38.8 Å². The summed E-state index contributed by atoms with van der Waals surface area (Å²) >= 11 is 1.83. The molecule has 1 aromatic heterocycles. The number of aryl methyl sites for hydroxylation is 2.